The third-order valence-corrected chi connectivity index (χ3v) is 2.33. The topological polar surface area (TPSA) is 33.0 Å². The van der Waals surface area contributed by atoms with Crippen LogP contribution in [-0.4, -0.2) is 6.10 Å². The zero-order chi connectivity index (χ0) is 12.1. The molecule has 1 aromatic carbocycles. The summed E-state index contributed by atoms with van der Waals surface area (Å²) < 4.78 is 18.8. The zero-order valence-corrected chi connectivity index (χ0v) is 9.83. The molecule has 0 aliphatic rings. The van der Waals surface area contributed by atoms with Crippen LogP contribution in [0.4, 0.5) is 4.39 Å². The summed E-state index contributed by atoms with van der Waals surface area (Å²) >= 11 is 0. The Hall–Kier alpha value is -1.56. The second-order valence-corrected chi connectivity index (χ2v) is 4.14. The molecule has 0 fully saturated rings. The summed E-state index contributed by atoms with van der Waals surface area (Å²) in [6, 6.07) is 6.86. The fraction of sp³-hybridized carbons (Fsp3) is 0.462. The molecule has 0 radical (unpaired) electrons. The minimum atomic E-state index is -0.380. The first-order valence-electron chi connectivity index (χ1n) is 5.37. The lowest BCUT2D eigenvalue weighted by Gasteiger charge is -2.14. The molecule has 0 N–H and O–H groups in total. The Labute approximate surface area is 95.7 Å². The molecule has 86 valence electrons. The Morgan fingerprint density at radius 2 is 2.06 bits per heavy atom. The number of ether oxygens (including phenoxy) is 1. The lowest BCUT2D eigenvalue weighted by atomic mass is 10.0. The van der Waals surface area contributed by atoms with E-state index in [1.54, 1.807) is 19.1 Å². The molecule has 0 saturated heterocycles. The van der Waals surface area contributed by atoms with Gasteiger partial charge in [0.2, 0.25) is 0 Å². The number of rotatable bonds is 4. The first-order chi connectivity index (χ1) is 7.54. The van der Waals surface area contributed by atoms with Gasteiger partial charge in [-0.15, -0.1) is 0 Å². The molecule has 1 rings (SSSR count). The quantitative estimate of drug-likeness (QED) is 0.777. The molecule has 0 spiro atoms. The number of hydrogen-bond donors (Lipinski definition) is 0. The van der Waals surface area contributed by atoms with E-state index in [0.29, 0.717) is 5.92 Å². The SMILES string of the molecule is CC(CC#N)Oc1cc(C(C)C)ccc1F. The molecule has 1 unspecified atom stereocenters. The van der Waals surface area contributed by atoms with Crippen LogP contribution in [0, 0.1) is 17.1 Å². The van der Waals surface area contributed by atoms with Crippen molar-refractivity contribution in [2.75, 3.05) is 0 Å². The maximum atomic E-state index is 13.4. The standard InChI is InChI=1S/C13H16FNO/c1-9(2)11-4-5-12(14)13(8-11)16-10(3)6-7-15/h4-5,8-10H,6H2,1-3H3. The molecule has 0 aliphatic heterocycles. The Bertz CT molecular complexity index is 395. The van der Waals surface area contributed by atoms with E-state index in [2.05, 4.69) is 0 Å². The van der Waals surface area contributed by atoms with Gasteiger partial charge in [-0.05, 0) is 30.5 Å². The van der Waals surface area contributed by atoms with Crippen LogP contribution in [0.25, 0.3) is 0 Å². The van der Waals surface area contributed by atoms with Crippen molar-refractivity contribution in [2.24, 2.45) is 0 Å². The second kappa shape index (κ2) is 5.50. The fourth-order valence-electron chi connectivity index (χ4n) is 1.36. The summed E-state index contributed by atoms with van der Waals surface area (Å²) in [6.07, 6.45) is -0.0346. The van der Waals surface area contributed by atoms with Gasteiger partial charge in [0.1, 0.15) is 6.10 Å². The average Bonchev–Trinajstić information content (AvgIpc) is 2.21. The van der Waals surface area contributed by atoms with Crippen LogP contribution < -0.4 is 4.74 Å². The van der Waals surface area contributed by atoms with Gasteiger partial charge in [0.15, 0.2) is 11.6 Å². The fourth-order valence-corrected chi connectivity index (χ4v) is 1.36. The molecule has 2 nitrogen and oxygen atoms in total. The highest BCUT2D eigenvalue weighted by Crippen LogP contribution is 2.24. The van der Waals surface area contributed by atoms with E-state index < -0.39 is 0 Å². The molecule has 0 aromatic heterocycles. The molecule has 0 heterocycles. The Kier molecular flexibility index (Phi) is 4.30. The molecule has 0 amide bonds. The maximum Gasteiger partial charge on any atom is 0.165 e. The van der Waals surface area contributed by atoms with E-state index in [9.17, 15) is 4.39 Å². The van der Waals surface area contributed by atoms with Gasteiger partial charge in [-0.3, -0.25) is 0 Å². The van der Waals surface area contributed by atoms with Crippen molar-refractivity contribution in [3.05, 3.63) is 29.6 Å². The van der Waals surface area contributed by atoms with Crippen LogP contribution >= 0.6 is 0 Å². The highest BCUT2D eigenvalue weighted by atomic mass is 19.1. The van der Waals surface area contributed by atoms with Crippen LogP contribution in [-0.2, 0) is 0 Å². The minimum Gasteiger partial charge on any atom is -0.487 e. The maximum absolute atomic E-state index is 13.4. The van der Waals surface area contributed by atoms with E-state index in [0.717, 1.165) is 5.56 Å². The molecule has 0 saturated carbocycles. The van der Waals surface area contributed by atoms with Crippen molar-refractivity contribution in [3.63, 3.8) is 0 Å². The predicted octanol–water partition coefficient (Wildman–Crippen LogP) is 3.63. The van der Waals surface area contributed by atoms with Crippen LogP contribution in [0.3, 0.4) is 0 Å². The number of nitrogens with zero attached hydrogens (tertiary/aromatic N) is 1. The largest absolute Gasteiger partial charge is 0.487 e. The molecular formula is C13H16FNO. The van der Waals surface area contributed by atoms with Gasteiger partial charge in [-0.1, -0.05) is 19.9 Å². The van der Waals surface area contributed by atoms with Crippen LogP contribution in [0.15, 0.2) is 18.2 Å². The van der Waals surface area contributed by atoms with E-state index in [4.69, 9.17) is 10.00 Å². The number of halogens is 1. The second-order valence-electron chi connectivity index (χ2n) is 4.14. The normalized spacial score (nSPS) is 12.2. The molecular weight excluding hydrogens is 205 g/mol. The Morgan fingerprint density at radius 3 is 2.62 bits per heavy atom. The van der Waals surface area contributed by atoms with Crippen molar-refractivity contribution < 1.29 is 9.13 Å². The summed E-state index contributed by atoms with van der Waals surface area (Å²) in [5, 5.41) is 8.50. The van der Waals surface area contributed by atoms with E-state index >= 15 is 0 Å². The minimum absolute atomic E-state index is 0.231. The molecule has 0 bridgehead atoms. The number of hydrogen-bond acceptors (Lipinski definition) is 2. The van der Waals surface area contributed by atoms with Gasteiger partial charge < -0.3 is 4.74 Å². The highest BCUT2D eigenvalue weighted by Gasteiger charge is 2.10. The van der Waals surface area contributed by atoms with Crippen molar-refractivity contribution >= 4 is 0 Å². The van der Waals surface area contributed by atoms with Gasteiger partial charge >= 0.3 is 0 Å². The van der Waals surface area contributed by atoms with Crippen LogP contribution in [0.5, 0.6) is 5.75 Å². The first kappa shape index (κ1) is 12.5. The van der Waals surface area contributed by atoms with Gasteiger partial charge in [-0.2, -0.15) is 5.26 Å². The van der Waals surface area contributed by atoms with Crippen molar-refractivity contribution in [3.8, 4) is 11.8 Å². The Balaban J connectivity index is 2.86. The van der Waals surface area contributed by atoms with E-state index in [1.807, 2.05) is 19.9 Å². The number of benzene rings is 1. The molecule has 0 aliphatic carbocycles. The molecule has 3 heteroatoms. The van der Waals surface area contributed by atoms with E-state index in [-0.39, 0.29) is 24.1 Å². The summed E-state index contributed by atoms with van der Waals surface area (Å²) in [5.74, 6) is 0.178. The van der Waals surface area contributed by atoms with Crippen LogP contribution in [0.2, 0.25) is 0 Å². The summed E-state index contributed by atoms with van der Waals surface area (Å²) in [7, 11) is 0. The smallest absolute Gasteiger partial charge is 0.165 e. The third kappa shape index (κ3) is 3.23. The van der Waals surface area contributed by atoms with Crippen molar-refractivity contribution in [1.29, 1.82) is 5.26 Å². The lowest BCUT2D eigenvalue weighted by Crippen LogP contribution is -2.11. The molecule has 1 atom stereocenters. The third-order valence-electron chi connectivity index (χ3n) is 2.33. The van der Waals surface area contributed by atoms with Gasteiger partial charge in [-0.25, -0.2) is 4.39 Å². The summed E-state index contributed by atoms with van der Waals surface area (Å²) in [5.41, 5.74) is 1.03. The van der Waals surface area contributed by atoms with Gasteiger partial charge in [0, 0.05) is 0 Å². The van der Waals surface area contributed by atoms with Gasteiger partial charge in [0.25, 0.3) is 0 Å². The number of nitriles is 1. The van der Waals surface area contributed by atoms with Crippen molar-refractivity contribution in [1.82, 2.24) is 0 Å². The zero-order valence-electron chi connectivity index (χ0n) is 9.83. The summed E-state index contributed by atoms with van der Waals surface area (Å²) in [6.45, 7) is 5.83. The van der Waals surface area contributed by atoms with Gasteiger partial charge in [0.05, 0.1) is 12.5 Å². The summed E-state index contributed by atoms with van der Waals surface area (Å²) in [4.78, 5) is 0. The molecule has 16 heavy (non-hydrogen) atoms. The monoisotopic (exact) mass is 221 g/mol. The van der Waals surface area contributed by atoms with Crippen LogP contribution in [0.1, 0.15) is 38.7 Å². The first-order valence-corrected chi connectivity index (χ1v) is 5.37. The highest BCUT2D eigenvalue weighted by molar-refractivity contribution is 5.32. The molecule has 1 aromatic rings. The average molecular weight is 221 g/mol. The lowest BCUT2D eigenvalue weighted by molar-refractivity contribution is 0.216. The van der Waals surface area contributed by atoms with Crippen molar-refractivity contribution in [2.45, 2.75) is 39.2 Å². The van der Waals surface area contributed by atoms with E-state index in [1.165, 1.54) is 6.07 Å². The predicted molar refractivity (Wildman–Crippen MR) is 60.8 cm³/mol. The Morgan fingerprint density at radius 1 is 1.38 bits per heavy atom.